The maximum absolute atomic E-state index is 12.2. The number of carboxylic acid groups (broad SMARTS) is 1. The SMILES string of the molecule is CC(C)(CC(=O)O)NC(=O)c1ccc2cc(Br)ccc2c1. The highest BCUT2D eigenvalue weighted by molar-refractivity contribution is 9.10. The first-order valence-corrected chi connectivity index (χ1v) is 7.30. The number of fused-ring (bicyclic) bond motifs is 1. The minimum absolute atomic E-state index is 0.126. The number of amides is 1. The number of benzene rings is 2. The molecule has 21 heavy (non-hydrogen) atoms. The molecule has 2 rings (SSSR count). The highest BCUT2D eigenvalue weighted by Crippen LogP contribution is 2.21. The van der Waals surface area contributed by atoms with Gasteiger partial charge in [0.2, 0.25) is 0 Å². The molecule has 2 N–H and O–H groups in total. The van der Waals surface area contributed by atoms with Crippen LogP contribution in [0.3, 0.4) is 0 Å². The number of hydrogen-bond donors (Lipinski definition) is 2. The Kier molecular flexibility index (Phi) is 4.32. The van der Waals surface area contributed by atoms with Crippen LogP contribution in [-0.4, -0.2) is 22.5 Å². The molecule has 0 aliphatic heterocycles. The monoisotopic (exact) mass is 349 g/mol. The quantitative estimate of drug-likeness (QED) is 0.886. The lowest BCUT2D eigenvalue weighted by molar-refractivity contribution is -0.138. The second-order valence-electron chi connectivity index (χ2n) is 5.61. The summed E-state index contributed by atoms with van der Waals surface area (Å²) in [6.07, 6.45) is -0.126. The van der Waals surface area contributed by atoms with Gasteiger partial charge < -0.3 is 10.4 Å². The molecule has 0 spiro atoms. The van der Waals surface area contributed by atoms with Gasteiger partial charge in [-0.1, -0.05) is 28.1 Å². The maximum Gasteiger partial charge on any atom is 0.305 e. The van der Waals surface area contributed by atoms with E-state index in [1.54, 1.807) is 26.0 Å². The molecule has 110 valence electrons. The third-order valence-electron chi connectivity index (χ3n) is 3.11. The smallest absolute Gasteiger partial charge is 0.305 e. The summed E-state index contributed by atoms with van der Waals surface area (Å²) in [4.78, 5) is 23.0. The van der Waals surface area contributed by atoms with E-state index >= 15 is 0 Å². The van der Waals surface area contributed by atoms with E-state index in [1.807, 2.05) is 24.3 Å². The summed E-state index contributed by atoms with van der Waals surface area (Å²) in [5.74, 6) is -1.21. The van der Waals surface area contributed by atoms with Gasteiger partial charge in [0.25, 0.3) is 5.91 Å². The normalized spacial score (nSPS) is 11.4. The van der Waals surface area contributed by atoms with Gasteiger partial charge in [-0.25, -0.2) is 0 Å². The molecule has 2 aromatic rings. The van der Waals surface area contributed by atoms with E-state index in [9.17, 15) is 9.59 Å². The predicted octanol–water partition coefficient (Wildman–Crippen LogP) is 3.59. The Morgan fingerprint density at radius 2 is 1.76 bits per heavy atom. The molecule has 0 atom stereocenters. The first-order valence-electron chi connectivity index (χ1n) is 6.50. The largest absolute Gasteiger partial charge is 0.481 e. The lowest BCUT2D eigenvalue weighted by Crippen LogP contribution is -2.44. The fourth-order valence-electron chi connectivity index (χ4n) is 2.16. The van der Waals surface area contributed by atoms with Crippen molar-refractivity contribution >= 4 is 38.6 Å². The van der Waals surface area contributed by atoms with Crippen molar-refractivity contribution in [1.82, 2.24) is 5.32 Å². The third kappa shape index (κ3) is 4.04. The van der Waals surface area contributed by atoms with Gasteiger partial charge in [-0.2, -0.15) is 0 Å². The van der Waals surface area contributed by atoms with Crippen molar-refractivity contribution in [2.45, 2.75) is 25.8 Å². The predicted molar refractivity (Wildman–Crippen MR) is 85.4 cm³/mol. The Labute approximate surface area is 131 Å². The van der Waals surface area contributed by atoms with Crippen LogP contribution in [0.25, 0.3) is 10.8 Å². The van der Waals surface area contributed by atoms with Crippen LogP contribution in [0.5, 0.6) is 0 Å². The summed E-state index contributed by atoms with van der Waals surface area (Å²) in [7, 11) is 0. The Morgan fingerprint density at radius 3 is 2.43 bits per heavy atom. The fourth-order valence-corrected chi connectivity index (χ4v) is 2.54. The highest BCUT2D eigenvalue weighted by Gasteiger charge is 2.24. The number of nitrogens with one attached hydrogen (secondary N) is 1. The Bertz CT molecular complexity index is 710. The molecule has 0 saturated carbocycles. The summed E-state index contributed by atoms with van der Waals surface area (Å²) in [5, 5.41) is 13.6. The first kappa shape index (κ1) is 15.5. The van der Waals surface area contributed by atoms with Crippen LogP contribution < -0.4 is 5.32 Å². The molecular weight excluding hydrogens is 334 g/mol. The Morgan fingerprint density at radius 1 is 1.14 bits per heavy atom. The fraction of sp³-hybridized carbons (Fsp3) is 0.250. The second-order valence-corrected chi connectivity index (χ2v) is 6.53. The molecule has 2 aromatic carbocycles. The van der Waals surface area contributed by atoms with Crippen molar-refractivity contribution in [3.8, 4) is 0 Å². The number of carboxylic acids is 1. The topological polar surface area (TPSA) is 66.4 Å². The van der Waals surface area contributed by atoms with Gasteiger partial charge in [-0.05, 0) is 48.9 Å². The number of hydrogen-bond acceptors (Lipinski definition) is 2. The van der Waals surface area contributed by atoms with E-state index in [2.05, 4.69) is 21.2 Å². The van der Waals surface area contributed by atoms with Gasteiger partial charge in [0, 0.05) is 15.6 Å². The summed E-state index contributed by atoms with van der Waals surface area (Å²) in [5.41, 5.74) is -0.277. The average molecular weight is 350 g/mol. The van der Waals surface area contributed by atoms with Crippen molar-refractivity contribution in [3.05, 3.63) is 46.4 Å². The third-order valence-corrected chi connectivity index (χ3v) is 3.60. The lowest BCUT2D eigenvalue weighted by Gasteiger charge is -2.24. The molecule has 0 saturated heterocycles. The van der Waals surface area contributed by atoms with Crippen LogP contribution in [0, 0.1) is 0 Å². The Balaban J connectivity index is 2.23. The van der Waals surface area contributed by atoms with Gasteiger partial charge in [0.1, 0.15) is 0 Å². The van der Waals surface area contributed by atoms with Gasteiger partial charge in [0.15, 0.2) is 0 Å². The number of rotatable bonds is 4. The van der Waals surface area contributed by atoms with E-state index in [4.69, 9.17) is 5.11 Å². The van der Waals surface area contributed by atoms with Gasteiger partial charge in [0.05, 0.1) is 6.42 Å². The van der Waals surface area contributed by atoms with Crippen LogP contribution in [0.2, 0.25) is 0 Å². The summed E-state index contributed by atoms with van der Waals surface area (Å²) in [6.45, 7) is 3.38. The number of halogens is 1. The zero-order valence-corrected chi connectivity index (χ0v) is 13.4. The second kappa shape index (κ2) is 5.85. The van der Waals surface area contributed by atoms with Crippen molar-refractivity contribution in [2.24, 2.45) is 0 Å². The van der Waals surface area contributed by atoms with Crippen LogP contribution in [0.4, 0.5) is 0 Å². The molecule has 0 heterocycles. The molecule has 0 radical (unpaired) electrons. The van der Waals surface area contributed by atoms with E-state index in [-0.39, 0.29) is 12.3 Å². The minimum atomic E-state index is -0.941. The van der Waals surface area contributed by atoms with E-state index in [0.717, 1.165) is 15.2 Å². The maximum atomic E-state index is 12.2. The Hall–Kier alpha value is -1.88. The molecule has 4 nitrogen and oxygen atoms in total. The van der Waals surface area contributed by atoms with Crippen LogP contribution in [0.15, 0.2) is 40.9 Å². The number of carbonyl (C=O) groups is 2. The molecule has 0 aliphatic rings. The van der Waals surface area contributed by atoms with Gasteiger partial charge in [-0.3, -0.25) is 9.59 Å². The first-order chi connectivity index (χ1) is 9.77. The molecule has 0 aliphatic carbocycles. The molecule has 0 fully saturated rings. The number of carbonyl (C=O) groups excluding carboxylic acids is 1. The van der Waals surface area contributed by atoms with E-state index < -0.39 is 11.5 Å². The van der Waals surface area contributed by atoms with Crippen LogP contribution in [-0.2, 0) is 4.79 Å². The van der Waals surface area contributed by atoms with Crippen molar-refractivity contribution in [2.75, 3.05) is 0 Å². The van der Waals surface area contributed by atoms with Crippen LogP contribution in [0.1, 0.15) is 30.6 Å². The molecule has 5 heteroatoms. The molecule has 1 amide bonds. The van der Waals surface area contributed by atoms with E-state index in [0.29, 0.717) is 5.56 Å². The molecule has 0 bridgehead atoms. The molecular formula is C16H16BrNO3. The lowest BCUT2D eigenvalue weighted by atomic mass is 9.99. The molecule has 0 aromatic heterocycles. The minimum Gasteiger partial charge on any atom is -0.481 e. The van der Waals surface area contributed by atoms with E-state index in [1.165, 1.54) is 0 Å². The summed E-state index contributed by atoms with van der Waals surface area (Å²) in [6, 6.07) is 11.2. The van der Waals surface area contributed by atoms with Crippen LogP contribution >= 0.6 is 15.9 Å². The highest BCUT2D eigenvalue weighted by atomic mass is 79.9. The van der Waals surface area contributed by atoms with Gasteiger partial charge in [-0.15, -0.1) is 0 Å². The summed E-state index contributed by atoms with van der Waals surface area (Å²) < 4.78 is 0.981. The standard InChI is InChI=1S/C16H16BrNO3/c1-16(2,9-14(19)20)18-15(21)12-4-3-11-8-13(17)6-5-10(11)7-12/h3-8H,9H2,1-2H3,(H,18,21)(H,19,20). The summed E-state index contributed by atoms with van der Waals surface area (Å²) >= 11 is 3.41. The average Bonchev–Trinajstić information content (AvgIpc) is 2.35. The van der Waals surface area contributed by atoms with Crippen molar-refractivity contribution in [1.29, 1.82) is 0 Å². The zero-order chi connectivity index (χ0) is 15.6. The van der Waals surface area contributed by atoms with Gasteiger partial charge >= 0.3 is 5.97 Å². The molecule has 0 unspecified atom stereocenters. The van der Waals surface area contributed by atoms with Crippen molar-refractivity contribution in [3.63, 3.8) is 0 Å². The zero-order valence-electron chi connectivity index (χ0n) is 11.8. The van der Waals surface area contributed by atoms with Crippen molar-refractivity contribution < 1.29 is 14.7 Å². The number of aliphatic carboxylic acids is 1.